The number of hydrogen-bond acceptors (Lipinski definition) is 4. The molecule has 5 heteroatoms. The predicted octanol–water partition coefficient (Wildman–Crippen LogP) is 10.7. The molecule has 0 aliphatic carbocycles. The van der Waals surface area contributed by atoms with Crippen LogP contribution in [0.3, 0.4) is 0 Å². The van der Waals surface area contributed by atoms with Gasteiger partial charge < -0.3 is 9.40 Å². The molecule has 0 saturated heterocycles. The number of fused-ring (bicyclic) bond motifs is 9. The molecule has 0 aliphatic heterocycles. The predicted molar refractivity (Wildman–Crippen MR) is 188 cm³/mol. The maximum atomic E-state index is 6.40. The lowest BCUT2D eigenvalue weighted by Crippen LogP contribution is -2.00. The highest BCUT2D eigenvalue weighted by Gasteiger charge is 2.17. The van der Waals surface area contributed by atoms with E-state index < -0.39 is 0 Å². The molecule has 0 bridgehead atoms. The molecule has 0 unspecified atom stereocenters. The third kappa shape index (κ3) is 3.79. The molecule has 214 valence electrons. The summed E-state index contributed by atoms with van der Waals surface area (Å²) in [5.74, 6) is 1.86. The normalized spacial score (nSPS) is 11.9. The number of rotatable bonds is 3. The van der Waals surface area contributed by atoms with Crippen molar-refractivity contribution in [2.24, 2.45) is 0 Å². The van der Waals surface area contributed by atoms with Crippen LogP contribution in [0.4, 0.5) is 0 Å². The van der Waals surface area contributed by atoms with Gasteiger partial charge in [-0.3, -0.25) is 0 Å². The minimum atomic E-state index is 0.600. The van der Waals surface area contributed by atoms with Crippen LogP contribution in [0, 0.1) is 0 Å². The molecule has 0 fully saturated rings. The molecule has 0 radical (unpaired) electrons. The lowest BCUT2D eigenvalue weighted by atomic mass is 9.96. The summed E-state index contributed by atoms with van der Waals surface area (Å²) in [5.41, 5.74) is 5.57. The van der Waals surface area contributed by atoms with Gasteiger partial charge in [-0.1, -0.05) is 97.1 Å². The van der Waals surface area contributed by atoms with Crippen molar-refractivity contribution in [1.82, 2.24) is 19.9 Å². The van der Waals surface area contributed by atoms with Gasteiger partial charge in [0.25, 0.3) is 0 Å². The Balaban J connectivity index is 1.19. The highest BCUT2D eigenvalue weighted by molar-refractivity contribution is 6.19. The van der Waals surface area contributed by atoms with Crippen LogP contribution in [0.25, 0.3) is 99.3 Å². The molecular formula is C41H24N4O. The number of aromatic nitrogens is 4. The topological polar surface area (TPSA) is 67.6 Å². The maximum absolute atomic E-state index is 6.40. The van der Waals surface area contributed by atoms with Crippen LogP contribution in [-0.2, 0) is 0 Å². The average Bonchev–Trinajstić information content (AvgIpc) is 3.74. The van der Waals surface area contributed by atoms with Gasteiger partial charge in [-0.2, -0.15) is 0 Å². The highest BCUT2D eigenvalue weighted by Crippen LogP contribution is 2.37. The van der Waals surface area contributed by atoms with Crippen molar-refractivity contribution in [3.63, 3.8) is 0 Å². The third-order valence-electron chi connectivity index (χ3n) is 9.10. The van der Waals surface area contributed by atoms with Gasteiger partial charge in [0.1, 0.15) is 11.2 Å². The molecule has 3 heterocycles. The van der Waals surface area contributed by atoms with Crippen molar-refractivity contribution in [1.29, 1.82) is 0 Å². The monoisotopic (exact) mass is 588 g/mol. The Labute approximate surface area is 262 Å². The van der Waals surface area contributed by atoms with Crippen LogP contribution in [0.2, 0.25) is 0 Å². The molecular weight excluding hydrogens is 564 g/mol. The Morgan fingerprint density at radius 2 is 1.09 bits per heavy atom. The van der Waals surface area contributed by atoms with Crippen molar-refractivity contribution < 1.29 is 4.42 Å². The van der Waals surface area contributed by atoms with Gasteiger partial charge in [0.2, 0.25) is 0 Å². The zero-order valence-corrected chi connectivity index (χ0v) is 24.5. The Morgan fingerprint density at radius 3 is 1.98 bits per heavy atom. The van der Waals surface area contributed by atoms with Crippen molar-refractivity contribution in [3.05, 3.63) is 140 Å². The fraction of sp³-hybridized carbons (Fsp3) is 0. The molecule has 0 saturated carbocycles. The van der Waals surface area contributed by atoms with Crippen LogP contribution < -0.4 is 0 Å². The molecule has 46 heavy (non-hydrogen) atoms. The summed E-state index contributed by atoms with van der Waals surface area (Å²) in [6.07, 6.45) is 1.99. The first-order valence-corrected chi connectivity index (χ1v) is 15.4. The molecule has 0 amide bonds. The fourth-order valence-electron chi connectivity index (χ4n) is 6.86. The van der Waals surface area contributed by atoms with Gasteiger partial charge >= 0.3 is 0 Å². The summed E-state index contributed by atoms with van der Waals surface area (Å²) in [5, 5.41) is 10.4. The summed E-state index contributed by atoms with van der Waals surface area (Å²) in [7, 11) is 0. The standard InChI is InChI=1S/C41H24N4O/c1-2-7-24(8-3-1)39-43-40(27-13-14-33-35-21-25-9-4-5-10-26(25)22-38(35)46-37(33)23-27)45-41(44-39)34-12-6-11-28-29-17-18-36-32(19-20-42-36)30(29)15-16-31(28)34/h1-23,42H. The second-order valence-electron chi connectivity index (χ2n) is 11.7. The largest absolute Gasteiger partial charge is 0.456 e. The highest BCUT2D eigenvalue weighted by atomic mass is 16.3. The minimum Gasteiger partial charge on any atom is -0.456 e. The van der Waals surface area contributed by atoms with E-state index in [4.69, 9.17) is 19.4 Å². The first kappa shape index (κ1) is 25.0. The van der Waals surface area contributed by atoms with Crippen LogP contribution in [0.15, 0.2) is 144 Å². The number of benzene rings is 7. The molecule has 10 aromatic rings. The van der Waals surface area contributed by atoms with E-state index >= 15 is 0 Å². The number of H-pyrrole nitrogens is 1. The summed E-state index contributed by atoms with van der Waals surface area (Å²) in [6.45, 7) is 0. The Hall–Kier alpha value is -6.33. The van der Waals surface area contributed by atoms with E-state index in [1.165, 1.54) is 21.5 Å². The number of nitrogens with one attached hydrogen (secondary N) is 1. The summed E-state index contributed by atoms with van der Waals surface area (Å²) >= 11 is 0. The molecule has 0 spiro atoms. The zero-order chi connectivity index (χ0) is 30.2. The van der Waals surface area contributed by atoms with Crippen LogP contribution in [0.5, 0.6) is 0 Å². The summed E-state index contributed by atoms with van der Waals surface area (Å²) in [4.78, 5) is 18.5. The molecule has 7 aromatic carbocycles. The van der Waals surface area contributed by atoms with Gasteiger partial charge in [-0.05, 0) is 68.7 Å². The molecule has 10 rings (SSSR count). The van der Waals surface area contributed by atoms with Crippen LogP contribution in [-0.4, -0.2) is 19.9 Å². The quantitative estimate of drug-likeness (QED) is 0.209. The van der Waals surface area contributed by atoms with Crippen molar-refractivity contribution in [3.8, 4) is 34.2 Å². The van der Waals surface area contributed by atoms with Crippen molar-refractivity contribution >= 4 is 65.2 Å². The lowest BCUT2D eigenvalue weighted by molar-refractivity contribution is 0.669. The van der Waals surface area contributed by atoms with Gasteiger partial charge in [0.05, 0.1) is 0 Å². The Morgan fingerprint density at radius 1 is 0.413 bits per heavy atom. The van der Waals surface area contributed by atoms with Gasteiger partial charge in [0, 0.05) is 44.6 Å². The van der Waals surface area contributed by atoms with Crippen LogP contribution in [0.1, 0.15) is 0 Å². The summed E-state index contributed by atoms with van der Waals surface area (Å²) < 4.78 is 6.40. The number of hydrogen-bond donors (Lipinski definition) is 1. The van der Waals surface area contributed by atoms with E-state index in [1.807, 2.05) is 42.6 Å². The van der Waals surface area contributed by atoms with E-state index in [-0.39, 0.29) is 0 Å². The number of aromatic amines is 1. The Bertz CT molecular complexity index is 2810. The smallest absolute Gasteiger partial charge is 0.164 e. The zero-order valence-electron chi connectivity index (χ0n) is 24.5. The second kappa shape index (κ2) is 9.58. The van der Waals surface area contributed by atoms with Gasteiger partial charge in [0.15, 0.2) is 17.5 Å². The van der Waals surface area contributed by atoms with Gasteiger partial charge in [-0.25, -0.2) is 15.0 Å². The lowest BCUT2D eigenvalue weighted by Gasteiger charge is -2.12. The van der Waals surface area contributed by atoms with E-state index in [1.54, 1.807) is 0 Å². The second-order valence-corrected chi connectivity index (χ2v) is 11.7. The van der Waals surface area contributed by atoms with Crippen molar-refractivity contribution in [2.75, 3.05) is 0 Å². The maximum Gasteiger partial charge on any atom is 0.164 e. The fourth-order valence-corrected chi connectivity index (χ4v) is 6.86. The van der Waals surface area contributed by atoms with E-state index in [0.717, 1.165) is 60.3 Å². The number of furan rings is 1. The molecule has 3 aromatic heterocycles. The number of nitrogens with zero attached hydrogens (tertiary/aromatic N) is 3. The van der Waals surface area contributed by atoms with Crippen molar-refractivity contribution in [2.45, 2.75) is 0 Å². The third-order valence-corrected chi connectivity index (χ3v) is 9.10. The first-order valence-electron chi connectivity index (χ1n) is 15.4. The molecule has 0 atom stereocenters. The molecule has 5 nitrogen and oxygen atoms in total. The average molecular weight is 589 g/mol. The van der Waals surface area contributed by atoms with Gasteiger partial charge in [-0.15, -0.1) is 0 Å². The van der Waals surface area contributed by atoms with Crippen LogP contribution >= 0.6 is 0 Å². The van der Waals surface area contributed by atoms with E-state index in [2.05, 4.69) is 102 Å². The molecule has 1 N–H and O–H groups in total. The molecule has 0 aliphatic rings. The van der Waals surface area contributed by atoms with E-state index in [0.29, 0.717) is 17.5 Å². The minimum absolute atomic E-state index is 0.600. The first-order chi connectivity index (χ1) is 22.8. The van der Waals surface area contributed by atoms with E-state index in [9.17, 15) is 0 Å². The Kier molecular flexibility index (Phi) is 5.22. The summed E-state index contributed by atoms with van der Waals surface area (Å²) in [6, 6.07) is 46.3. The SMILES string of the molecule is c1ccc(-c2nc(-c3ccc4c(c3)oc3cc5ccccc5cc34)nc(-c3cccc4c3ccc3c5cc[nH]c5ccc43)n2)cc1.